The van der Waals surface area contributed by atoms with Gasteiger partial charge in [0.05, 0.1) is 11.2 Å². The smallest absolute Gasteiger partial charge is 0.110 e. The number of H-pyrrole nitrogens is 1. The van der Waals surface area contributed by atoms with E-state index in [0.29, 0.717) is 5.02 Å². The number of aromatic amines is 1. The Labute approximate surface area is 68.4 Å². The van der Waals surface area contributed by atoms with E-state index in [1.54, 1.807) is 12.4 Å². The second kappa shape index (κ2) is 2.20. The zero-order chi connectivity index (χ0) is 7.84. The standard InChI is InChI=1S/C7H6ClN3/c1-4-2-9-5-3-10-11-7(5)6(4)8/h2-3H,1H3,(H,10,11). The molecule has 11 heavy (non-hydrogen) atoms. The van der Waals surface area contributed by atoms with Crippen LogP contribution >= 0.6 is 11.6 Å². The third-order valence-electron chi connectivity index (χ3n) is 1.58. The Balaban J connectivity index is 2.93. The summed E-state index contributed by atoms with van der Waals surface area (Å²) in [6.45, 7) is 1.91. The first-order chi connectivity index (χ1) is 5.29. The van der Waals surface area contributed by atoms with Crippen LogP contribution in [0.5, 0.6) is 0 Å². The van der Waals surface area contributed by atoms with Gasteiger partial charge in [-0.05, 0) is 12.5 Å². The third kappa shape index (κ3) is 0.886. The first kappa shape index (κ1) is 6.61. The summed E-state index contributed by atoms with van der Waals surface area (Å²) in [6, 6.07) is 0. The number of pyridine rings is 1. The molecule has 0 radical (unpaired) electrons. The maximum Gasteiger partial charge on any atom is 0.110 e. The summed E-state index contributed by atoms with van der Waals surface area (Å²) in [7, 11) is 0. The minimum absolute atomic E-state index is 0.701. The molecule has 0 unspecified atom stereocenters. The predicted octanol–water partition coefficient (Wildman–Crippen LogP) is 1.92. The summed E-state index contributed by atoms with van der Waals surface area (Å²) in [5.41, 5.74) is 2.58. The molecule has 2 rings (SSSR count). The van der Waals surface area contributed by atoms with Gasteiger partial charge in [-0.3, -0.25) is 10.1 Å². The van der Waals surface area contributed by atoms with Crippen LogP contribution in [0.25, 0.3) is 11.0 Å². The molecule has 0 aliphatic carbocycles. The Bertz CT molecular complexity index is 393. The van der Waals surface area contributed by atoms with Gasteiger partial charge in [0.1, 0.15) is 11.0 Å². The largest absolute Gasteiger partial charge is 0.275 e. The van der Waals surface area contributed by atoms with Crippen molar-refractivity contribution in [3.8, 4) is 0 Å². The molecule has 0 aromatic carbocycles. The molecule has 0 aliphatic heterocycles. The van der Waals surface area contributed by atoms with Crippen molar-refractivity contribution in [2.24, 2.45) is 0 Å². The van der Waals surface area contributed by atoms with Gasteiger partial charge in [-0.15, -0.1) is 0 Å². The SMILES string of the molecule is Cc1cnc2cn[nH]c2c1Cl. The van der Waals surface area contributed by atoms with Crippen molar-refractivity contribution in [3.63, 3.8) is 0 Å². The fraction of sp³-hybridized carbons (Fsp3) is 0.143. The molecule has 0 bridgehead atoms. The molecule has 0 saturated carbocycles. The Morgan fingerprint density at radius 3 is 3.09 bits per heavy atom. The topological polar surface area (TPSA) is 41.6 Å². The lowest BCUT2D eigenvalue weighted by atomic mass is 10.3. The average Bonchev–Trinajstić information content (AvgIpc) is 2.45. The van der Waals surface area contributed by atoms with Crippen LogP contribution in [-0.2, 0) is 0 Å². The Hall–Kier alpha value is -1.09. The van der Waals surface area contributed by atoms with Gasteiger partial charge in [-0.1, -0.05) is 11.6 Å². The number of nitrogens with one attached hydrogen (secondary N) is 1. The molecule has 0 spiro atoms. The van der Waals surface area contributed by atoms with Crippen LogP contribution < -0.4 is 0 Å². The molecule has 1 N–H and O–H groups in total. The molecule has 0 amide bonds. The van der Waals surface area contributed by atoms with E-state index in [-0.39, 0.29) is 0 Å². The average molecular weight is 168 g/mol. The number of fused-ring (bicyclic) bond motifs is 1. The van der Waals surface area contributed by atoms with Gasteiger partial charge in [0.15, 0.2) is 0 Å². The number of halogens is 1. The van der Waals surface area contributed by atoms with Crippen LogP contribution in [0.3, 0.4) is 0 Å². The number of hydrogen-bond acceptors (Lipinski definition) is 2. The number of aromatic nitrogens is 3. The van der Waals surface area contributed by atoms with Crippen LogP contribution in [0.15, 0.2) is 12.4 Å². The normalized spacial score (nSPS) is 10.7. The first-order valence-electron chi connectivity index (χ1n) is 3.23. The summed E-state index contributed by atoms with van der Waals surface area (Å²) in [5.74, 6) is 0. The number of aryl methyl sites for hydroxylation is 1. The summed E-state index contributed by atoms with van der Waals surface area (Å²) >= 11 is 5.96. The monoisotopic (exact) mass is 167 g/mol. The molecule has 4 heteroatoms. The molecule has 2 aromatic heterocycles. The fourth-order valence-corrected chi connectivity index (χ4v) is 1.15. The van der Waals surface area contributed by atoms with E-state index in [2.05, 4.69) is 15.2 Å². The summed E-state index contributed by atoms with van der Waals surface area (Å²) in [6.07, 6.45) is 3.39. The summed E-state index contributed by atoms with van der Waals surface area (Å²) in [4.78, 5) is 4.12. The molecule has 0 aliphatic rings. The van der Waals surface area contributed by atoms with Crippen molar-refractivity contribution in [2.45, 2.75) is 6.92 Å². The molecule has 56 valence electrons. The van der Waals surface area contributed by atoms with Gasteiger partial charge in [-0.25, -0.2) is 0 Å². The fourth-order valence-electron chi connectivity index (χ4n) is 0.959. The maximum absolute atomic E-state index is 5.96. The van der Waals surface area contributed by atoms with Gasteiger partial charge in [0, 0.05) is 6.20 Å². The predicted molar refractivity (Wildman–Crippen MR) is 43.6 cm³/mol. The van der Waals surface area contributed by atoms with Crippen molar-refractivity contribution in [2.75, 3.05) is 0 Å². The van der Waals surface area contributed by atoms with E-state index in [0.717, 1.165) is 16.6 Å². The molecular weight excluding hydrogens is 162 g/mol. The van der Waals surface area contributed by atoms with Crippen molar-refractivity contribution in [1.82, 2.24) is 15.2 Å². The van der Waals surface area contributed by atoms with Gasteiger partial charge >= 0.3 is 0 Å². The zero-order valence-electron chi connectivity index (χ0n) is 5.93. The highest BCUT2D eigenvalue weighted by atomic mass is 35.5. The minimum atomic E-state index is 0.701. The highest BCUT2D eigenvalue weighted by Gasteiger charge is 2.03. The molecule has 0 atom stereocenters. The van der Waals surface area contributed by atoms with Gasteiger partial charge < -0.3 is 0 Å². The third-order valence-corrected chi connectivity index (χ3v) is 2.07. The van der Waals surface area contributed by atoms with Crippen LogP contribution in [0, 0.1) is 6.92 Å². The highest BCUT2D eigenvalue weighted by Crippen LogP contribution is 2.21. The van der Waals surface area contributed by atoms with E-state index >= 15 is 0 Å². The van der Waals surface area contributed by atoms with E-state index in [9.17, 15) is 0 Å². The van der Waals surface area contributed by atoms with Crippen molar-refractivity contribution >= 4 is 22.6 Å². The molecule has 2 heterocycles. The van der Waals surface area contributed by atoms with Crippen molar-refractivity contribution in [1.29, 1.82) is 0 Å². The lowest BCUT2D eigenvalue weighted by Crippen LogP contribution is -1.80. The Morgan fingerprint density at radius 1 is 1.45 bits per heavy atom. The second-order valence-electron chi connectivity index (χ2n) is 2.39. The summed E-state index contributed by atoms with van der Waals surface area (Å²) < 4.78 is 0. The second-order valence-corrected chi connectivity index (χ2v) is 2.76. The first-order valence-corrected chi connectivity index (χ1v) is 3.61. The van der Waals surface area contributed by atoms with Crippen molar-refractivity contribution < 1.29 is 0 Å². The molecule has 3 nitrogen and oxygen atoms in total. The Kier molecular flexibility index (Phi) is 1.32. The molecule has 0 saturated heterocycles. The lowest BCUT2D eigenvalue weighted by Gasteiger charge is -1.95. The van der Waals surface area contributed by atoms with Gasteiger partial charge in [0.25, 0.3) is 0 Å². The minimum Gasteiger partial charge on any atom is -0.275 e. The molecule has 0 fully saturated rings. The zero-order valence-corrected chi connectivity index (χ0v) is 6.68. The van der Waals surface area contributed by atoms with E-state index in [4.69, 9.17) is 11.6 Å². The maximum atomic E-state index is 5.96. The van der Waals surface area contributed by atoms with E-state index < -0.39 is 0 Å². The van der Waals surface area contributed by atoms with Crippen LogP contribution in [0.4, 0.5) is 0 Å². The van der Waals surface area contributed by atoms with E-state index in [1.807, 2.05) is 6.92 Å². The van der Waals surface area contributed by atoms with Crippen LogP contribution in [-0.4, -0.2) is 15.2 Å². The van der Waals surface area contributed by atoms with Gasteiger partial charge in [-0.2, -0.15) is 5.10 Å². The quantitative estimate of drug-likeness (QED) is 0.652. The number of rotatable bonds is 0. The number of nitrogens with zero attached hydrogens (tertiary/aromatic N) is 2. The number of hydrogen-bond donors (Lipinski definition) is 1. The van der Waals surface area contributed by atoms with Gasteiger partial charge in [0.2, 0.25) is 0 Å². The van der Waals surface area contributed by atoms with Crippen LogP contribution in [0.2, 0.25) is 5.02 Å². The highest BCUT2D eigenvalue weighted by molar-refractivity contribution is 6.35. The summed E-state index contributed by atoms with van der Waals surface area (Å²) in [5, 5.41) is 7.32. The molecule has 2 aromatic rings. The molecular formula is C7H6ClN3. The van der Waals surface area contributed by atoms with E-state index in [1.165, 1.54) is 0 Å². The lowest BCUT2D eigenvalue weighted by molar-refractivity contribution is 1.12. The Morgan fingerprint density at radius 2 is 2.27 bits per heavy atom. The van der Waals surface area contributed by atoms with Crippen molar-refractivity contribution in [3.05, 3.63) is 23.0 Å². The van der Waals surface area contributed by atoms with Crippen LogP contribution in [0.1, 0.15) is 5.56 Å².